The van der Waals surface area contributed by atoms with Crippen molar-refractivity contribution >= 4 is 5.70 Å². The largest absolute Gasteiger partial charge is 0.507 e. The maximum Gasteiger partial charge on any atom is 0.416 e. The molecule has 1 spiro atoms. The molecular weight excluding hydrogens is 507 g/mol. The van der Waals surface area contributed by atoms with Crippen LogP contribution in [0.15, 0.2) is 46.9 Å². The minimum Gasteiger partial charge on any atom is -0.507 e. The van der Waals surface area contributed by atoms with Gasteiger partial charge in [0, 0.05) is 54.6 Å². The molecule has 1 aromatic carbocycles. The Labute approximate surface area is 228 Å². The van der Waals surface area contributed by atoms with E-state index in [-0.39, 0.29) is 23.4 Å². The lowest BCUT2D eigenvalue weighted by molar-refractivity contribution is -0.137. The smallest absolute Gasteiger partial charge is 0.416 e. The standard InChI is InChI=1S/C29H40F3N5O2/c1-18(27(34)23-8-7-20(11-25(23)39)29(30,31)32)10-26(33)35-21-6-3-9-36(14-21)15-24(19-4-2-5-19)37-16-28(17-37)12-22(38)13-28/h7-8,10-11,21-22,35,38-39H,2-6,9,12-17,33-34H2,1H3/b26-10+,27-18-. The second-order valence-electron chi connectivity index (χ2n) is 12.0. The van der Waals surface area contributed by atoms with E-state index in [1.807, 2.05) is 0 Å². The molecule has 10 heteroatoms. The Hall–Kier alpha value is -2.85. The summed E-state index contributed by atoms with van der Waals surface area (Å²) in [7, 11) is 0. The molecule has 7 N–H and O–H groups in total. The summed E-state index contributed by atoms with van der Waals surface area (Å²) in [6, 6.07) is 2.93. The van der Waals surface area contributed by atoms with Crippen LogP contribution in [-0.4, -0.2) is 64.9 Å². The monoisotopic (exact) mass is 547 g/mol. The number of allylic oxidation sites excluding steroid dienone is 3. The summed E-state index contributed by atoms with van der Waals surface area (Å²) in [6.07, 6.45) is 4.56. The highest BCUT2D eigenvalue weighted by atomic mass is 19.4. The van der Waals surface area contributed by atoms with Crippen LogP contribution < -0.4 is 16.8 Å². The molecule has 2 saturated carbocycles. The van der Waals surface area contributed by atoms with Crippen LogP contribution >= 0.6 is 0 Å². The van der Waals surface area contributed by atoms with E-state index in [0.29, 0.717) is 22.9 Å². The van der Waals surface area contributed by atoms with E-state index >= 15 is 0 Å². The number of phenols is 1. The van der Waals surface area contributed by atoms with Crippen molar-refractivity contribution in [2.45, 2.75) is 70.2 Å². The molecule has 1 unspecified atom stereocenters. The lowest BCUT2D eigenvalue weighted by Crippen LogP contribution is -2.64. The van der Waals surface area contributed by atoms with Crippen molar-refractivity contribution in [2.75, 3.05) is 32.7 Å². The molecule has 1 aromatic rings. The molecule has 4 fully saturated rings. The lowest BCUT2D eigenvalue weighted by Gasteiger charge is -2.60. The van der Waals surface area contributed by atoms with Crippen LogP contribution in [0.4, 0.5) is 13.2 Å². The van der Waals surface area contributed by atoms with Crippen molar-refractivity contribution < 1.29 is 23.4 Å². The predicted molar refractivity (Wildman–Crippen MR) is 145 cm³/mol. The van der Waals surface area contributed by atoms with Crippen LogP contribution in [0.3, 0.4) is 0 Å². The van der Waals surface area contributed by atoms with Crippen LogP contribution in [0.5, 0.6) is 5.75 Å². The van der Waals surface area contributed by atoms with Crippen LogP contribution in [-0.2, 0) is 6.18 Å². The first-order chi connectivity index (χ1) is 18.4. The molecule has 214 valence electrons. The highest BCUT2D eigenvalue weighted by Crippen LogP contribution is 2.50. The molecule has 1 atom stereocenters. The molecule has 4 aliphatic rings. The predicted octanol–water partition coefficient (Wildman–Crippen LogP) is 3.85. The number of aliphatic hydroxyl groups excluding tert-OH is 1. The summed E-state index contributed by atoms with van der Waals surface area (Å²) < 4.78 is 38.8. The van der Waals surface area contributed by atoms with Gasteiger partial charge in [0.15, 0.2) is 0 Å². The minimum absolute atomic E-state index is 0.117. The number of aliphatic hydroxyl groups is 1. The second kappa shape index (κ2) is 10.6. The maximum atomic E-state index is 12.9. The molecular formula is C29H40F3N5O2. The number of nitrogens with zero attached hydrogens (tertiary/aromatic N) is 2. The topological polar surface area (TPSA) is 111 Å². The van der Waals surface area contributed by atoms with Gasteiger partial charge in [-0.15, -0.1) is 0 Å². The van der Waals surface area contributed by atoms with Gasteiger partial charge in [0.25, 0.3) is 0 Å². The first-order valence-corrected chi connectivity index (χ1v) is 13.9. The average molecular weight is 548 g/mol. The number of halogens is 3. The highest BCUT2D eigenvalue weighted by molar-refractivity contribution is 5.72. The fourth-order valence-corrected chi connectivity index (χ4v) is 6.50. The van der Waals surface area contributed by atoms with E-state index in [1.54, 1.807) is 18.6 Å². The van der Waals surface area contributed by atoms with Crippen molar-refractivity contribution in [3.05, 3.63) is 58.1 Å². The number of piperidine rings is 1. The van der Waals surface area contributed by atoms with Crippen LogP contribution in [0.25, 0.3) is 5.70 Å². The number of benzene rings is 1. The SMILES string of the molecule is CC(/C=C(\N)NC1CCCN(CC(=C2CCC2)N2CC3(CC(O)C3)C2)C1)=C(/N)c1ccc(C(F)(F)F)cc1O. The Morgan fingerprint density at radius 3 is 2.49 bits per heavy atom. The van der Waals surface area contributed by atoms with E-state index in [2.05, 4.69) is 15.1 Å². The van der Waals surface area contributed by atoms with Gasteiger partial charge in [-0.2, -0.15) is 13.2 Å². The third-order valence-electron chi connectivity index (χ3n) is 8.80. The Kier molecular flexibility index (Phi) is 7.54. The van der Waals surface area contributed by atoms with Crippen LogP contribution in [0.2, 0.25) is 0 Å². The molecule has 0 amide bonds. The molecule has 7 nitrogen and oxygen atoms in total. The van der Waals surface area contributed by atoms with Crippen molar-refractivity contribution in [3.63, 3.8) is 0 Å². The number of likely N-dealkylation sites (tertiary alicyclic amines) is 2. The summed E-state index contributed by atoms with van der Waals surface area (Å²) >= 11 is 0. The Balaban J connectivity index is 1.20. The zero-order chi connectivity index (χ0) is 27.9. The quantitative estimate of drug-likeness (QED) is 0.330. The summed E-state index contributed by atoms with van der Waals surface area (Å²) in [4.78, 5) is 5.03. The van der Waals surface area contributed by atoms with Gasteiger partial charge in [-0.05, 0) is 93.8 Å². The third-order valence-corrected chi connectivity index (χ3v) is 8.80. The van der Waals surface area contributed by atoms with E-state index in [1.165, 1.54) is 31.0 Å². The number of alkyl halides is 3. The van der Waals surface area contributed by atoms with Crippen molar-refractivity contribution in [2.24, 2.45) is 16.9 Å². The zero-order valence-corrected chi connectivity index (χ0v) is 22.5. The van der Waals surface area contributed by atoms with Gasteiger partial charge in [0.2, 0.25) is 0 Å². The zero-order valence-electron chi connectivity index (χ0n) is 22.5. The van der Waals surface area contributed by atoms with Gasteiger partial charge >= 0.3 is 6.18 Å². The van der Waals surface area contributed by atoms with E-state index < -0.39 is 17.5 Å². The normalized spacial score (nSPS) is 24.5. The fraction of sp³-hybridized carbons (Fsp3) is 0.586. The van der Waals surface area contributed by atoms with Gasteiger partial charge < -0.3 is 31.9 Å². The van der Waals surface area contributed by atoms with Crippen LogP contribution in [0.1, 0.15) is 63.0 Å². The molecule has 39 heavy (non-hydrogen) atoms. The molecule has 2 heterocycles. The summed E-state index contributed by atoms with van der Waals surface area (Å²) in [6.45, 7) is 6.68. The van der Waals surface area contributed by atoms with E-state index in [9.17, 15) is 23.4 Å². The molecule has 2 aliphatic heterocycles. The van der Waals surface area contributed by atoms with Gasteiger partial charge in [-0.1, -0.05) is 0 Å². The molecule has 2 saturated heterocycles. The van der Waals surface area contributed by atoms with Crippen molar-refractivity contribution in [1.82, 2.24) is 15.1 Å². The van der Waals surface area contributed by atoms with Crippen molar-refractivity contribution in [1.29, 1.82) is 0 Å². The Morgan fingerprint density at radius 2 is 1.90 bits per heavy atom. The van der Waals surface area contributed by atoms with E-state index in [0.717, 1.165) is 64.5 Å². The van der Waals surface area contributed by atoms with Crippen molar-refractivity contribution in [3.8, 4) is 5.75 Å². The first kappa shape index (κ1) is 27.7. The van der Waals surface area contributed by atoms with Gasteiger partial charge in [0.1, 0.15) is 5.75 Å². The number of phenolic OH excluding ortho intramolecular Hbond substituents is 1. The summed E-state index contributed by atoms with van der Waals surface area (Å²) in [5.41, 5.74) is 15.8. The number of rotatable bonds is 7. The van der Waals surface area contributed by atoms with Gasteiger partial charge in [0.05, 0.1) is 17.5 Å². The van der Waals surface area contributed by atoms with Gasteiger partial charge in [-0.3, -0.25) is 4.90 Å². The number of hydrogen-bond donors (Lipinski definition) is 5. The molecule has 0 radical (unpaired) electrons. The number of nitrogens with two attached hydrogens (primary N) is 2. The highest BCUT2D eigenvalue weighted by Gasteiger charge is 2.52. The Bertz CT molecular complexity index is 1170. The van der Waals surface area contributed by atoms with Gasteiger partial charge in [-0.25, -0.2) is 0 Å². The average Bonchev–Trinajstić information content (AvgIpc) is 2.78. The number of aromatic hydroxyl groups is 1. The third kappa shape index (κ3) is 6.01. The number of nitrogens with one attached hydrogen (secondary N) is 1. The fourth-order valence-electron chi connectivity index (χ4n) is 6.50. The first-order valence-electron chi connectivity index (χ1n) is 13.9. The maximum absolute atomic E-state index is 12.9. The minimum atomic E-state index is -4.54. The van der Waals surface area contributed by atoms with Crippen LogP contribution in [0, 0.1) is 5.41 Å². The lowest BCUT2D eigenvalue weighted by atomic mass is 9.61. The summed E-state index contributed by atoms with van der Waals surface area (Å²) in [5.74, 6) is -0.0953. The molecule has 0 aromatic heterocycles. The summed E-state index contributed by atoms with van der Waals surface area (Å²) in [5, 5.41) is 23.3. The second-order valence-corrected chi connectivity index (χ2v) is 12.0. The molecule has 0 bridgehead atoms. The molecule has 2 aliphatic carbocycles. The van der Waals surface area contributed by atoms with E-state index in [4.69, 9.17) is 11.5 Å². The Morgan fingerprint density at radius 1 is 1.18 bits per heavy atom. The number of hydrogen-bond acceptors (Lipinski definition) is 7. The molecule has 5 rings (SSSR count).